The molecule has 1 amide bonds. The van der Waals surface area contributed by atoms with Crippen molar-refractivity contribution in [3.05, 3.63) is 65.2 Å². The van der Waals surface area contributed by atoms with Crippen LogP contribution in [-0.2, 0) is 0 Å². The van der Waals surface area contributed by atoms with Crippen LogP contribution < -0.4 is 15.4 Å². The second-order valence-electron chi connectivity index (χ2n) is 7.04. The molecule has 0 aromatic heterocycles. The lowest BCUT2D eigenvalue weighted by molar-refractivity contribution is 0.0956. The Balaban J connectivity index is 1.79. The third-order valence-electron chi connectivity index (χ3n) is 5.54. The van der Waals surface area contributed by atoms with Crippen LogP contribution in [0.3, 0.4) is 0 Å². The molecule has 0 radical (unpaired) electrons. The number of carbonyl (C=O) groups excluding carboxylic acids is 1. The Labute approximate surface area is 159 Å². The molecule has 27 heavy (non-hydrogen) atoms. The summed E-state index contributed by atoms with van der Waals surface area (Å²) in [7, 11) is 1.55. The molecule has 140 valence electrons. The number of anilines is 1. The van der Waals surface area contributed by atoms with Gasteiger partial charge in [0, 0.05) is 12.5 Å². The van der Waals surface area contributed by atoms with E-state index in [2.05, 4.69) is 28.9 Å². The number of benzene rings is 2. The van der Waals surface area contributed by atoms with Crippen molar-refractivity contribution in [2.45, 2.75) is 25.3 Å². The molecule has 2 aliphatic rings. The molecule has 3 atom stereocenters. The number of fused-ring (bicyclic) bond motifs is 3. The fourth-order valence-electron chi connectivity index (χ4n) is 4.28. The Morgan fingerprint density at radius 3 is 2.96 bits per heavy atom. The first-order valence-electron chi connectivity index (χ1n) is 9.35. The average Bonchev–Trinajstić information content (AvgIpc) is 3.17. The molecule has 1 heterocycles. The number of methoxy groups -OCH3 is 1. The standard InChI is InChI=1S/C22H24N2O3/c1-3-23-22(26)17-9-5-8-16-14-6-4-7-15(14)20(24-21(16)17)13-10-11-18(25)19(12-13)27-2/h4-6,8-12,14-15,20,24-25H,3,7H2,1-2H3,(H,23,26). The van der Waals surface area contributed by atoms with Crippen molar-refractivity contribution in [1.29, 1.82) is 0 Å². The Bertz CT molecular complexity index is 906. The number of para-hydroxylation sites is 1. The normalized spacial score (nSPS) is 22.5. The maximum Gasteiger partial charge on any atom is 0.253 e. The van der Waals surface area contributed by atoms with Crippen LogP contribution in [-0.4, -0.2) is 24.7 Å². The summed E-state index contributed by atoms with van der Waals surface area (Å²) in [6, 6.07) is 11.4. The fourth-order valence-corrected chi connectivity index (χ4v) is 4.28. The van der Waals surface area contributed by atoms with E-state index in [0.717, 1.165) is 17.7 Å². The van der Waals surface area contributed by atoms with Gasteiger partial charge in [0.15, 0.2) is 11.5 Å². The molecule has 0 bridgehead atoms. The molecule has 0 saturated heterocycles. The van der Waals surface area contributed by atoms with E-state index < -0.39 is 0 Å². The van der Waals surface area contributed by atoms with E-state index in [1.165, 1.54) is 5.56 Å². The Hall–Kier alpha value is -2.95. The number of allylic oxidation sites excluding steroid dienone is 2. The monoisotopic (exact) mass is 364 g/mol. The van der Waals surface area contributed by atoms with E-state index in [0.29, 0.717) is 23.8 Å². The van der Waals surface area contributed by atoms with E-state index in [-0.39, 0.29) is 23.6 Å². The Morgan fingerprint density at radius 2 is 2.19 bits per heavy atom. The number of phenolic OH excluding ortho intramolecular Hbond substituents is 1. The van der Waals surface area contributed by atoms with Gasteiger partial charge >= 0.3 is 0 Å². The lowest BCUT2D eigenvalue weighted by atomic mass is 9.76. The van der Waals surface area contributed by atoms with Gasteiger partial charge in [0.25, 0.3) is 5.91 Å². The molecule has 0 fully saturated rings. The smallest absolute Gasteiger partial charge is 0.253 e. The van der Waals surface area contributed by atoms with Crippen molar-refractivity contribution in [3.63, 3.8) is 0 Å². The number of nitrogens with one attached hydrogen (secondary N) is 2. The fraction of sp³-hybridized carbons (Fsp3) is 0.318. The van der Waals surface area contributed by atoms with Crippen LogP contribution in [0.5, 0.6) is 11.5 Å². The van der Waals surface area contributed by atoms with Gasteiger partial charge in [0.05, 0.1) is 24.4 Å². The molecular weight excluding hydrogens is 340 g/mol. The minimum atomic E-state index is -0.0655. The SMILES string of the molecule is CCNC(=O)c1cccc2c1NC(c1ccc(O)c(OC)c1)C1CC=CC21. The van der Waals surface area contributed by atoms with Crippen molar-refractivity contribution >= 4 is 11.6 Å². The van der Waals surface area contributed by atoms with Gasteiger partial charge in [-0.25, -0.2) is 0 Å². The lowest BCUT2D eigenvalue weighted by Gasteiger charge is -2.38. The van der Waals surface area contributed by atoms with Gasteiger partial charge in [0.2, 0.25) is 0 Å². The predicted molar refractivity (Wildman–Crippen MR) is 105 cm³/mol. The van der Waals surface area contributed by atoms with Crippen LogP contribution in [0.15, 0.2) is 48.6 Å². The summed E-state index contributed by atoms with van der Waals surface area (Å²) in [6.45, 7) is 2.51. The topological polar surface area (TPSA) is 70.6 Å². The molecule has 3 unspecified atom stereocenters. The largest absolute Gasteiger partial charge is 0.504 e. The van der Waals surface area contributed by atoms with Crippen molar-refractivity contribution < 1.29 is 14.6 Å². The van der Waals surface area contributed by atoms with Crippen LogP contribution in [0.25, 0.3) is 0 Å². The molecule has 1 aliphatic carbocycles. The molecule has 4 rings (SSSR count). The number of carbonyl (C=O) groups is 1. The molecule has 5 heteroatoms. The highest BCUT2D eigenvalue weighted by atomic mass is 16.5. The van der Waals surface area contributed by atoms with Gasteiger partial charge in [-0.3, -0.25) is 4.79 Å². The molecule has 3 N–H and O–H groups in total. The van der Waals surface area contributed by atoms with Crippen molar-refractivity contribution in [1.82, 2.24) is 5.32 Å². The van der Waals surface area contributed by atoms with Gasteiger partial charge in [0.1, 0.15) is 0 Å². The minimum Gasteiger partial charge on any atom is -0.504 e. The summed E-state index contributed by atoms with van der Waals surface area (Å²) in [5.41, 5.74) is 3.77. The first-order valence-corrected chi connectivity index (χ1v) is 9.35. The number of ether oxygens (including phenoxy) is 1. The molecule has 0 saturated carbocycles. The van der Waals surface area contributed by atoms with Crippen molar-refractivity contribution in [3.8, 4) is 11.5 Å². The van der Waals surface area contributed by atoms with Crippen LogP contribution in [0.1, 0.15) is 46.8 Å². The number of phenols is 1. The van der Waals surface area contributed by atoms with Crippen LogP contribution in [0.4, 0.5) is 5.69 Å². The molecule has 5 nitrogen and oxygen atoms in total. The molecular formula is C22H24N2O3. The zero-order valence-corrected chi connectivity index (χ0v) is 15.5. The zero-order chi connectivity index (χ0) is 19.0. The van der Waals surface area contributed by atoms with E-state index in [1.54, 1.807) is 13.2 Å². The highest BCUT2D eigenvalue weighted by Gasteiger charge is 2.39. The average molecular weight is 364 g/mol. The maximum absolute atomic E-state index is 12.6. The van der Waals surface area contributed by atoms with E-state index in [9.17, 15) is 9.90 Å². The Morgan fingerprint density at radius 1 is 1.33 bits per heavy atom. The second kappa shape index (κ2) is 6.99. The molecule has 2 aromatic rings. The first-order chi connectivity index (χ1) is 13.1. The summed E-state index contributed by atoms with van der Waals surface area (Å²) in [5.74, 6) is 1.14. The Kier molecular flexibility index (Phi) is 4.52. The van der Waals surface area contributed by atoms with Crippen molar-refractivity contribution in [2.75, 3.05) is 19.0 Å². The van der Waals surface area contributed by atoms with Gasteiger partial charge < -0.3 is 20.5 Å². The third kappa shape index (κ3) is 2.93. The summed E-state index contributed by atoms with van der Waals surface area (Å²) in [6.07, 6.45) is 5.43. The van der Waals surface area contributed by atoms with Gasteiger partial charge in [-0.1, -0.05) is 30.4 Å². The van der Waals surface area contributed by atoms with Gasteiger partial charge in [-0.05, 0) is 48.6 Å². The summed E-state index contributed by atoms with van der Waals surface area (Å²) in [4.78, 5) is 12.6. The highest BCUT2D eigenvalue weighted by molar-refractivity contribution is 6.00. The first kappa shape index (κ1) is 17.5. The number of rotatable bonds is 4. The van der Waals surface area contributed by atoms with Gasteiger partial charge in [-0.2, -0.15) is 0 Å². The van der Waals surface area contributed by atoms with Crippen molar-refractivity contribution in [2.24, 2.45) is 5.92 Å². The second-order valence-corrected chi connectivity index (χ2v) is 7.04. The number of hydrogen-bond acceptors (Lipinski definition) is 4. The quantitative estimate of drug-likeness (QED) is 0.718. The van der Waals surface area contributed by atoms with E-state index >= 15 is 0 Å². The van der Waals surface area contributed by atoms with E-state index in [4.69, 9.17) is 4.74 Å². The summed E-state index contributed by atoms with van der Waals surface area (Å²) < 4.78 is 5.29. The predicted octanol–water partition coefficient (Wildman–Crippen LogP) is 3.98. The minimum absolute atomic E-state index is 0.0302. The lowest BCUT2D eigenvalue weighted by Crippen LogP contribution is -2.32. The summed E-state index contributed by atoms with van der Waals surface area (Å²) in [5, 5.41) is 16.5. The van der Waals surface area contributed by atoms with E-state index in [1.807, 2.05) is 31.2 Å². The van der Waals surface area contributed by atoms with Crippen LogP contribution in [0, 0.1) is 5.92 Å². The highest BCUT2D eigenvalue weighted by Crippen LogP contribution is 2.51. The van der Waals surface area contributed by atoms with Crippen LogP contribution in [0.2, 0.25) is 0 Å². The maximum atomic E-state index is 12.6. The molecule has 0 spiro atoms. The number of aromatic hydroxyl groups is 1. The number of hydrogen-bond donors (Lipinski definition) is 3. The molecule has 1 aliphatic heterocycles. The zero-order valence-electron chi connectivity index (χ0n) is 15.5. The number of amides is 1. The molecule has 2 aromatic carbocycles. The van der Waals surface area contributed by atoms with Gasteiger partial charge in [-0.15, -0.1) is 0 Å². The van der Waals surface area contributed by atoms with Crippen LogP contribution >= 0.6 is 0 Å². The summed E-state index contributed by atoms with van der Waals surface area (Å²) >= 11 is 0. The third-order valence-corrected chi connectivity index (χ3v) is 5.54.